The fourth-order valence-corrected chi connectivity index (χ4v) is 2.36. The third-order valence-electron chi connectivity index (χ3n) is 3.43. The number of pyridine rings is 1. The molecule has 2 heterocycles. The Balaban J connectivity index is 2.20. The van der Waals surface area contributed by atoms with Crippen LogP contribution in [0.1, 0.15) is 38.4 Å². The average molecular weight is 220 g/mol. The zero-order valence-electron chi connectivity index (χ0n) is 10.1. The van der Waals surface area contributed by atoms with Crippen LogP contribution in [-0.4, -0.2) is 23.2 Å². The van der Waals surface area contributed by atoms with Gasteiger partial charge in [0.15, 0.2) is 0 Å². The molecule has 2 atom stereocenters. The molecule has 0 radical (unpaired) electrons. The zero-order chi connectivity index (χ0) is 11.5. The molecule has 1 unspecified atom stereocenters. The number of aromatic nitrogens is 1. The van der Waals surface area contributed by atoms with Crippen molar-refractivity contribution >= 4 is 5.82 Å². The second-order valence-electron chi connectivity index (χ2n) is 4.60. The summed E-state index contributed by atoms with van der Waals surface area (Å²) in [4.78, 5) is 6.72. The van der Waals surface area contributed by atoms with E-state index in [2.05, 4.69) is 16.8 Å². The molecule has 3 nitrogen and oxygen atoms in total. The second kappa shape index (κ2) is 4.83. The summed E-state index contributed by atoms with van der Waals surface area (Å²) in [6, 6.07) is 3.85. The Morgan fingerprint density at radius 1 is 1.62 bits per heavy atom. The quantitative estimate of drug-likeness (QED) is 0.849. The number of aliphatic hydroxyl groups is 1. The van der Waals surface area contributed by atoms with Gasteiger partial charge in [-0.15, -0.1) is 0 Å². The van der Waals surface area contributed by atoms with E-state index in [0.717, 1.165) is 30.4 Å². The molecule has 1 N–H and O–H groups in total. The molecule has 88 valence electrons. The van der Waals surface area contributed by atoms with Crippen molar-refractivity contribution in [2.24, 2.45) is 5.92 Å². The van der Waals surface area contributed by atoms with Crippen molar-refractivity contribution in [2.75, 3.05) is 18.0 Å². The summed E-state index contributed by atoms with van der Waals surface area (Å²) in [5, 5.41) is 9.72. The van der Waals surface area contributed by atoms with E-state index < -0.39 is 6.10 Å². The molecule has 0 spiro atoms. The van der Waals surface area contributed by atoms with Gasteiger partial charge in [0.25, 0.3) is 0 Å². The van der Waals surface area contributed by atoms with E-state index in [1.165, 1.54) is 12.8 Å². The van der Waals surface area contributed by atoms with Crippen LogP contribution in [0.25, 0.3) is 0 Å². The highest BCUT2D eigenvalue weighted by atomic mass is 16.3. The van der Waals surface area contributed by atoms with E-state index in [4.69, 9.17) is 0 Å². The second-order valence-corrected chi connectivity index (χ2v) is 4.60. The summed E-state index contributed by atoms with van der Waals surface area (Å²) in [6.45, 7) is 6.18. The number of aliphatic hydroxyl groups excluding tert-OH is 1. The number of nitrogens with zero attached hydrogens (tertiary/aromatic N) is 2. The van der Waals surface area contributed by atoms with E-state index in [-0.39, 0.29) is 0 Å². The van der Waals surface area contributed by atoms with Crippen LogP contribution in [0.4, 0.5) is 5.82 Å². The topological polar surface area (TPSA) is 36.4 Å². The maximum Gasteiger partial charge on any atom is 0.134 e. The SMILES string of the molecule is CCC1CCN(c2ncccc2[C@@H](C)O)C1. The van der Waals surface area contributed by atoms with Crippen LogP contribution in [0.5, 0.6) is 0 Å². The normalized spacial score (nSPS) is 22.4. The Morgan fingerprint density at radius 2 is 2.44 bits per heavy atom. The zero-order valence-corrected chi connectivity index (χ0v) is 10.1. The lowest BCUT2D eigenvalue weighted by atomic mass is 10.1. The van der Waals surface area contributed by atoms with Crippen molar-refractivity contribution in [3.8, 4) is 0 Å². The standard InChI is InChI=1S/C13H20N2O/c1-3-11-6-8-15(9-11)13-12(10(2)16)5-4-7-14-13/h4-5,7,10-11,16H,3,6,8-9H2,1-2H3/t10-,11?/m1/s1. The minimum atomic E-state index is -0.440. The highest BCUT2D eigenvalue weighted by Gasteiger charge is 2.24. The van der Waals surface area contributed by atoms with Crippen molar-refractivity contribution in [3.63, 3.8) is 0 Å². The fraction of sp³-hybridized carbons (Fsp3) is 0.615. The van der Waals surface area contributed by atoms with Crippen molar-refractivity contribution in [2.45, 2.75) is 32.8 Å². The fourth-order valence-electron chi connectivity index (χ4n) is 2.36. The maximum atomic E-state index is 9.72. The average Bonchev–Trinajstić information content (AvgIpc) is 2.77. The van der Waals surface area contributed by atoms with Crippen LogP contribution in [0.15, 0.2) is 18.3 Å². The first-order chi connectivity index (χ1) is 7.72. The van der Waals surface area contributed by atoms with Gasteiger partial charge in [-0.25, -0.2) is 4.98 Å². The Kier molecular flexibility index (Phi) is 3.44. The lowest BCUT2D eigenvalue weighted by molar-refractivity contribution is 0.199. The molecule has 1 aromatic heterocycles. The van der Waals surface area contributed by atoms with E-state index >= 15 is 0 Å². The summed E-state index contributed by atoms with van der Waals surface area (Å²) < 4.78 is 0. The highest BCUT2D eigenvalue weighted by molar-refractivity contribution is 5.48. The first-order valence-corrected chi connectivity index (χ1v) is 6.10. The van der Waals surface area contributed by atoms with Gasteiger partial charge in [-0.2, -0.15) is 0 Å². The van der Waals surface area contributed by atoms with Gasteiger partial charge >= 0.3 is 0 Å². The van der Waals surface area contributed by atoms with Gasteiger partial charge in [0.1, 0.15) is 5.82 Å². The van der Waals surface area contributed by atoms with Gasteiger partial charge in [-0.1, -0.05) is 19.4 Å². The smallest absolute Gasteiger partial charge is 0.134 e. The third-order valence-corrected chi connectivity index (χ3v) is 3.43. The molecule has 2 rings (SSSR count). The summed E-state index contributed by atoms with van der Waals surface area (Å²) in [6.07, 6.45) is 3.84. The van der Waals surface area contributed by atoms with Crippen molar-refractivity contribution in [3.05, 3.63) is 23.9 Å². The van der Waals surface area contributed by atoms with Crippen molar-refractivity contribution in [1.29, 1.82) is 0 Å². The molecule has 1 aliphatic rings. The molecular formula is C13H20N2O. The Labute approximate surface area is 97.1 Å². The van der Waals surface area contributed by atoms with Crippen LogP contribution < -0.4 is 4.90 Å². The highest BCUT2D eigenvalue weighted by Crippen LogP contribution is 2.29. The number of rotatable bonds is 3. The number of hydrogen-bond donors (Lipinski definition) is 1. The predicted molar refractivity (Wildman–Crippen MR) is 65.5 cm³/mol. The largest absolute Gasteiger partial charge is 0.389 e. The van der Waals surface area contributed by atoms with Gasteiger partial charge in [-0.05, 0) is 25.3 Å². The van der Waals surface area contributed by atoms with E-state index in [0.29, 0.717) is 0 Å². The minimum absolute atomic E-state index is 0.440. The minimum Gasteiger partial charge on any atom is -0.389 e. The Morgan fingerprint density at radius 3 is 3.06 bits per heavy atom. The lowest BCUT2D eigenvalue weighted by Crippen LogP contribution is -2.22. The maximum absolute atomic E-state index is 9.72. The molecule has 1 aromatic rings. The molecule has 1 saturated heterocycles. The summed E-state index contributed by atoms with van der Waals surface area (Å²) in [7, 11) is 0. The third kappa shape index (κ3) is 2.19. The van der Waals surface area contributed by atoms with E-state index in [1.54, 1.807) is 13.1 Å². The summed E-state index contributed by atoms with van der Waals surface area (Å²) >= 11 is 0. The lowest BCUT2D eigenvalue weighted by Gasteiger charge is -2.21. The van der Waals surface area contributed by atoms with Crippen LogP contribution in [0.3, 0.4) is 0 Å². The predicted octanol–water partition coefficient (Wildman–Crippen LogP) is 2.37. The van der Waals surface area contributed by atoms with Crippen LogP contribution in [0, 0.1) is 5.92 Å². The van der Waals surface area contributed by atoms with Crippen LogP contribution in [-0.2, 0) is 0 Å². The molecule has 0 bridgehead atoms. The molecule has 1 aliphatic heterocycles. The molecule has 16 heavy (non-hydrogen) atoms. The van der Waals surface area contributed by atoms with Gasteiger partial charge in [0.2, 0.25) is 0 Å². The molecule has 0 amide bonds. The van der Waals surface area contributed by atoms with E-state index in [9.17, 15) is 5.11 Å². The number of anilines is 1. The first-order valence-electron chi connectivity index (χ1n) is 6.10. The number of hydrogen-bond acceptors (Lipinski definition) is 3. The molecule has 0 saturated carbocycles. The molecule has 0 aliphatic carbocycles. The molecular weight excluding hydrogens is 200 g/mol. The van der Waals surface area contributed by atoms with E-state index in [1.807, 2.05) is 12.1 Å². The summed E-state index contributed by atoms with van der Waals surface area (Å²) in [5.41, 5.74) is 0.944. The van der Waals surface area contributed by atoms with Gasteiger partial charge in [0, 0.05) is 24.8 Å². The molecule has 3 heteroatoms. The van der Waals surface area contributed by atoms with Crippen LogP contribution >= 0.6 is 0 Å². The van der Waals surface area contributed by atoms with Gasteiger partial charge in [-0.3, -0.25) is 0 Å². The molecule has 1 fully saturated rings. The molecule has 0 aromatic carbocycles. The Hall–Kier alpha value is -1.09. The van der Waals surface area contributed by atoms with Crippen molar-refractivity contribution in [1.82, 2.24) is 4.98 Å². The van der Waals surface area contributed by atoms with Gasteiger partial charge < -0.3 is 10.0 Å². The summed E-state index contributed by atoms with van der Waals surface area (Å²) in [5.74, 6) is 1.75. The van der Waals surface area contributed by atoms with Gasteiger partial charge in [0.05, 0.1) is 6.10 Å². The van der Waals surface area contributed by atoms with Crippen molar-refractivity contribution < 1.29 is 5.11 Å². The Bertz CT molecular complexity index is 352. The van der Waals surface area contributed by atoms with Crippen LogP contribution in [0.2, 0.25) is 0 Å². The monoisotopic (exact) mass is 220 g/mol. The first kappa shape index (κ1) is 11.4.